The Morgan fingerprint density at radius 2 is 1.95 bits per heavy atom. The van der Waals surface area contributed by atoms with E-state index < -0.39 is 0 Å². The number of nitrogens with zero attached hydrogens (tertiary/aromatic N) is 4. The van der Waals surface area contributed by atoms with E-state index in [0.717, 1.165) is 30.1 Å². The van der Waals surface area contributed by atoms with E-state index in [4.69, 9.17) is 10.5 Å². The molecule has 1 aromatic heterocycles. The molecule has 1 heterocycles. The average molecular weight is 275 g/mol. The summed E-state index contributed by atoms with van der Waals surface area (Å²) >= 11 is 0. The molecular weight excluding hydrogens is 254 g/mol. The standard InChI is InChI=1S/C14H21N5O/c1-11(2)7-9-20-10-8-19-14(16-17-18-19)12-3-5-13(15)6-4-12/h3-6,11H,7-10,15H2,1-2H3. The predicted octanol–water partition coefficient (Wildman–Crippen LogP) is 1.98. The molecular formula is C14H21N5O. The number of ether oxygens (including phenoxy) is 1. The van der Waals surface area contributed by atoms with Crippen LogP contribution < -0.4 is 5.73 Å². The van der Waals surface area contributed by atoms with E-state index in [2.05, 4.69) is 29.4 Å². The van der Waals surface area contributed by atoms with Crippen LogP contribution in [-0.4, -0.2) is 33.4 Å². The van der Waals surface area contributed by atoms with E-state index in [1.165, 1.54) is 0 Å². The minimum Gasteiger partial charge on any atom is -0.399 e. The zero-order chi connectivity index (χ0) is 14.4. The molecule has 0 spiro atoms. The van der Waals surface area contributed by atoms with Gasteiger partial charge in [0.1, 0.15) is 0 Å². The van der Waals surface area contributed by atoms with Gasteiger partial charge in [-0.15, -0.1) is 5.10 Å². The van der Waals surface area contributed by atoms with Gasteiger partial charge in [-0.05, 0) is 47.0 Å². The molecule has 0 amide bonds. The lowest BCUT2D eigenvalue weighted by Crippen LogP contribution is -2.10. The number of hydrogen-bond acceptors (Lipinski definition) is 5. The molecule has 20 heavy (non-hydrogen) atoms. The summed E-state index contributed by atoms with van der Waals surface area (Å²) in [5.41, 5.74) is 7.35. The molecule has 0 aliphatic heterocycles. The summed E-state index contributed by atoms with van der Waals surface area (Å²) in [5.74, 6) is 1.39. The van der Waals surface area contributed by atoms with Crippen LogP contribution >= 0.6 is 0 Å². The van der Waals surface area contributed by atoms with Crippen LogP contribution in [0.4, 0.5) is 5.69 Å². The van der Waals surface area contributed by atoms with Crippen LogP contribution in [0.15, 0.2) is 24.3 Å². The highest BCUT2D eigenvalue weighted by molar-refractivity contribution is 5.58. The number of nitrogen functional groups attached to an aromatic ring is 1. The summed E-state index contributed by atoms with van der Waals surface area (Å²) in [6.07, 6.45) is 1.07. The Bertz CT molecular complexity index is 521. The van der Waals surface area contributed by atoms with Crippen molar-refractivity contribution in [3.63, 3.8) is 0 Å². The molecule has 0 aliphatic carbocycles. The average Bonchev–Trinajstić information content (AvgIpc) is 2.87. The first-order chi connectivity index (χ1) is 9.66. The third-order valence-electron chi connectivity index (χ3n) is 2.99. The molecule has 0 fully saturated rings. The molecule has 1 aromatic carbocycles. The Balaban J connectivity index is 1.90. The molecule has 0 bridgehead atoms. The topological polar surface area (TPSA) is 78.8 Å². The van der Waals surface area contributed by atoms with Crippen LogP contribution in [0.25, 0.3) is 11.4 Å². The predicted molar refractivity (Wildman–Crippen MR) is 77.9 cm³/mol. The van der Waals surface area contributed by atoms with Gasteiger partial charge in [0.05, 0.1) is 13.2 Å². The second-order valence-corrected chi connectivity index (χ2v) is 5.14. The fourth-order valence-electron chi connectivity index (χ4n) is 1.77. The van der Waals surface area contributed by atoms with E-state index in [9.17, 15) is 0 Å². The molecule has 108 valence electrons. The number of rotatable bonds is 7. The number of aromatic nitrogens is 4. The molecule has 0 saturated carbocycles. The second-order valence-electron chi connectivity index (χ2n) is 5.14. The lowest BCUT2D eigenvalue weighted by atomic mass is 10.1. The van der Waals surface area contributed by atoms with Crippen molar-refractivity contribution >= 4 is 5.69 Å². The van der Waals surface area contributed by atoms with Crippen molar-refractivity contribution in [1.82, 2.24) is 20.2 Å². The van der Waals surface area contributed by atoms with Crippen molar-refractivity contribution in [2.45, 2.75) is 26.8 Å². The summed E-state index contributed by atoms with van der Waals surface area (Å²) in [4.78, 5) is 0. The Kier molecular flexibility index (Phi) is 5.06. The van der Waals surface area contributed by atoms with Gasteiger partial charge in [0.2, 0.25) is 0 Å². The number of tetrazole rings is 1. The van der Waals surface area contributed by atoms with Crippen LogP contribution in [0.1, 0.15) is 20.3 Å². The minimum atomic E-state index is 0.611. The Hall–Kier alpha value is -1.95. The smallest absolute Gasteiger partial charge is 0.182 e. The zero-order valence-corrected chi connectivity index (χ0v) is 12.0. The lowest BCUT2D eigenvalue weighted by molar-refractivity contribution is 0.114. The fraction of sp³-hybridized carbons (Fsp3) is 0.500. The largest absolute Gasteiger partial charge is 0.399 e. The maximum Gasteiger partial charge on any atom is 0.182 e. The van der Waals surface area contributed by atoms with Gasteiger partial charge in [0.25, 0.3) is 0 Å². The van der Waals surface area contributed by atoms with Gasteiger partial charge < -0.3 is 10.5 Å². The second kappa shape index (κ2) is 7.00. The van der Waals surface area contributed by atoms with Crippen molar-refractivity contribution in [3.8, 4) is 11.4 Å². The van der Waals surface area contributed by atoms with Gasteiger partial charge in [-0.25, -0.2) is 4.68 Å². The van der Waals surface area contributed by atoms with Gasteiger partial charge in [-0.1, -0.05) is 13.8 Å². The molecule has 6 nitrogen and oxygen atoms in total. The molecule has 2 aromatic rings. The first-order valence-corrected chi connectivity index (χ1v) is 6.86. The quantitative estimate of drug-likeness (QED) is 0.617. The number of nitrogens with two attached hydrogens (primary N) is 1. The number of anilines is 1. The third-order valence-corrected chi connectivity index (χ3v) is 2.99. The third kappa shape index (κ3) is 4.03. The fourth-order valence-corrected chi connectivity index (χ4v) is 1.77. The van der Waals surface area contributed by atoms with E-state index in [-0.39, 0.29) is 0 Å². The van der Waals surface area contributed by atoms with Crippen molar-refractivity contribution in [2.75, 3.05) is 18.9 Å². The molecule has 0 saturated heterocycles. The van der Waals surface area contributed by atoms with Gasteiger partial charge in [-0.3, -0.25) is 0 Å². The molecule has 6 heteroatoms. The van der Waals surface area contributed by atoms with Crippen LogP contribution in [0.3, 0.4) is 0 Å². The first-order valence-electron chi connectivity index (χ1n) is 6.86. The molecule has 0 atom stereocenters. The van der Waals surface area contributed by atoms with Gasteiger partial charge in [0.15, 0.2) is 5.82 Å². The molecule has 0 radical (unpaired) electrons. The molecule has 0 aliphatic rings. The zero-order valence-electron chi connectivity index (χ0n) is 12.0. The SMILES string of the molecule is CC(C)CCOCCn1nnnc1-c1ccc(N)cc1. The van der Waals surface area contributed by atoms with E-state index in [1.54, 1.807) is 4.68 Å². The summed E-state index contributed by atoms with van der Waals surface area (Å²) < 4.78 is 7.34. The van der Waals surface area contributed by atoms with E-state index in [0.29, 0.717) is 19.1 Å². The van der Waals surface area contributed by atoms with Crippen molar-refractivity contribution < 1.29 is 4.74 Å². The van der Waals surface area contributed by atoms with Gasteiger partial charge >= 0.3 is 0 Å². The Morgan fingerprint density at radius 3 is 2.65 bits per heavy atom. The van der Waals surface area contributed by atoms with Crippen LogP contribution in [0.5, 0.6) is 0 Å². The van der Waals surface area contributed by atoms with Crippen LogP contribution in [-0.2, 0) is 11.3 Å². The Labute approximate surface area is 118 Å². The summed E-state index contributed by atoms with van der Waals surface area (Å²) in [6, 6.07) is 7.51. The summed E-state index contributed by atoms with van der Waals surface area (Å²) in [5, 5.41) is 11.8. The van der Waals surface area contributed by atoms with Crippen molar-refractivity contribution in [2.24, 2.45) is 5.92 Å². The van der Waals surface area contributed by atoms with Gasteiger partial charge in [-0.2, -0.15) is 0 Å². The van der Waals surface area contributed by atoms with Crippen LogP contribution in [0, 0.1) is 5.92 Å². The van der Waals surface area contributed by atoms with Gasteiger partial charge in [0, 0.05) is 17.9 Å². The Morgan fingerprint density at radius 1 is 1.20 bits per heavy atom. The molecule has 2 rings (SSSR count). The maximum absolute atomic E-state index is 5.68. The molecule has 2 N–H and O–H groups in total. The summed E-state index contributed by atoms with van der Waals surface area (Å²) in [6.45, 7) is 6.40. The van der Waals surface area contributed by atoms with E-state index >= 15 is 0 Å². The van der Waals surface area contributed by atoms with E-state index in [1.807, 2.05) is 24.3 Å². The highest BCUT2D eigenvalue weighted by Gasteiger charge is 2.08. The highest BCUT2D eigenvalue weighted by atomic mass is 16.5. The molecule has 0 unspecified atom stereocenters. The number of hydrogen-bond donors (Lipinski definition) is 1. The number of benzene rings is 1. The maximum atomic E-state index is 5.68. The van der Waals surface area contributed by atoms with Crippen molar-refractivity contribution in [1.29, 1.82) is 0 Å². The van der Waals surface area contributed by atoms with Crippen LogP contribution in [0.2, 0.25) is 0 Å². The monoisotopic (exact) mass is 275 g/mol. The normalized spacial score (nSPS) is 11.2. The highest BCUT2D eigenvalue weighted by Crippen LogP contribution is 2.17. The minimum absolute atomic E-state index is 0.611. The van der Waals surface area contributed by atoms with Crippen molar-refractivity contribution in [3.05, 3.63) is 24.3 Å². The summed E-state index contributed by atoms with van der Waals surface area (Å²) in [7, 11) is 0. The lowest BCUT2D eigenvalue weighted by Gasteiger charge is -2.07. The first kappa shape index (κ1) is 14.5.